The molecule has 2 aromatic rings. The van der Waals surface area contributed by atoms with Gasteiger partial charge in [0.1, 0.15) is 5.75 Å². The third kappa shape index (κ3) is 3.39. The molecule has 1 aromatic heterocycles. The summed E-state index contributed by atoms with van der Waals surface area (Å²) in [5, 5.41) is 11.5. The first-order valence-electron chi connectivity index (χ1n) is 11.2. The number of benzene rings is 1. The van der Waals surface area contributed by atoms with E-state index in [-0.39, 0.29) is 29.9 Å². The Kier molecular flexibility index (Phi) is 5.73. The van der Waals surface area contributed by atoms with Crippen LogP contribution in [0.3, 0.4) is 0 Å². The molecule has 7 heteroatoms. The second kappa shape index (κ2) is 8.19. The van der Waals surface area contributed by atoms with E-state index in [1.807, 2.05) is 35.9 Å². The van der Waals surface area contributed by atoms with Crippen LogP contribution in [0.2, 0.25) is 0 Å². The van der Waals surface area contributed by atoms with Crippen LogP contribution in [0.4, 0.5) is 0 Å². The SMILES string of the molecule is CCCC(=O)N1CC2(CCN(C(C)=O)CC2)c2c(n(C)c3cc(OC)ccc23)[C@@H]1CO. The molecular formula is C24H33N3O4. The van der Waals surface area contributed by atoms with Crippen LogP contribution in [-0.2, 0) is 22.1 Å². The number of nitrogens with zero attached hydrogens (tertiary/aromatic N) is 3. The van der Waals surface area contributed by atoms with Crippen LogP contribution in [0, 0.1) is 0 Å². The largest absolute Gasteiger partial charge is 0.497 e. The first-order chi connectivity index (χ1) is 14.9. The highest BCUT2D eigenvalue weighted by atomic mass is 16.5. The lowest BCUT2D eigenvalue weighted by Gasteiger charge is -2.50. The minimum Gasteiger partial charge on any atom is -0.497 e. The number of piperidine rings is 1. The van der Waals surface area contributed by atoms with Crippen LogP contribution in [0.25, 0.3) is 10.9 Å². The molecule has 4 rings (SSSR count). The summed E-state index contributed by atoms with van der Waals surface area (Å²) >= 11 is 0. The van der Waals surface area contributed by atoms with Gasteiger partial charge in [0.2, 0.25) is 11.8 Å². The Hall–Kier alpha value is -2.54. The van der Waals surface area contributed by atoms with Crippen molar-refractivity contribution >= 4 is 22.7 Å². The highest BCUT2D eigenvalue weighted by molar-refractivity contribution is 5.89. The Bertz CT molecular complexity index is 1000. The summed E-state index contributed by atoms with van der Waals surface area (Å²) in [6, 6.07) is 5.74. The number of aliphatic hydroxyl groups is 1. The van der Waals surface area contributed by atoms with E-state index in [2.05, 4.69) is 10.6 Å². The topological polar surface area (TPSA) is 75.0 Å². The van der Waals surface area contributed by atoms with E-state index in [1.54, 1.807) is 14.0 Å². The normalized spacial score (nSPS) is 20.2. The Morgan fingerprint density at radius 3 is 2.55 bits per heavy atom. The van der Waals surface area contributed by atoms with Gasteiger partial charge < -0.3 is 24.2 Å². The van der Waals surface area contributed by atoms with E-state index >= 15 is 0 Å². The molecule has 1 fully saturated rings. The van der Waals surface area contributed by atoms with Gasteiger partial charge in [-0.1, -0.05) is 6.92 Å². The first-order valence-corrected chi connectivity index (χ1v) is 11.2. The number of hydrogen-bond donors (Lipinski definition) is 1. The smallest absolute Gasteiger partial charge is 0.223 e. The molecular weight excluding hydrogens is 394 g/mol. The summed E-state index contributed by atoms with van der Waals surface area (Å²) in [6.45, 7) is 5.46. The number of likely N-dealkylation sites (tertiary alicyclic amines) is 1. The molecule has 168 valence electrons. The van der Waals surface area contributed by atoms with E-state index in [4.69, 9.17) is 4.74 Å². The van der Waals surface area contributed by atoms with Crippen molar-refractivity contribution in [3.8, 4) is 5.75 Å². The van der Waals surface area contributed by atoms with Crippen LogP contribution >= 0.6 is 0 Å². The third-order valence-electron chi connectivity index (χ3n) is 7.27. The van der Waals surface area contributed by atoms with E-state index < -0.39 is 0 Å². The first kappa shape index (κ1) is 21.7. The number of fused-ring (bicyclic) bond motifs is 4. The number of aliphatic hydroxyl groups excluding tert-OH is 1. The summed E-state index contributed by atoms with van der Waals surface area (Å²) in [5.74, 6) is 0.967. The quantitative estimate of drug-likeness (QED) is 0.814. The molecule has 1 N–H and O–H groups in total. The van der Waals surface area contributed by atoms with Crippen molar-refractivity contribution in [1.29, 1.82) is 0 Å². The summed E-state index contributed by atoms with van der Waals surface area (Å²) < 4.78 is 7.58. The van der Waals surface area contributed by atoms with Gasteiger partial charge in [-0.3, -0.25) is 9.59 Å². The molecule has 0 unspecified atom stereocenters. The van der Waals surface area contributed by atoms with Crippen LogP contribution in [0.1, 0.15) is 56.8 Å². The zero-order valence-corrected chi connectivity index (χ0v) is 19.0. The fourth-order valence-corrected chi connectivity index (χ4v) is 5.64. The van der Waals surface area contributed by atoms with Crippen molar-refractivity contribution < 1.29 is 19.4 Å². The van der Waals surface area contributed by atoms with Gasteiger partial charge >= 0.3 is 0 Å². The minimum atomic E-state index is -0.367. The van der Waals surface area contributed by atoms with Gasteiger partial charge in [0.15, 0.2) is 0 Å². The Balaban J connectivity index is 1.92. The lowest BCUT2D eigenvalue weighted by Crippen LogP contribution is -2.56. The van der Waals surface area contributed by atoms with Crippen molar-refractivity contribution in [2.45, 2.75) is 51.0 Å². The molecule has 0 bridgehead atoms. The van der Waals surface area contributed by atoms with Crippen molar-refractivity contribution in [3.63, 3.8) is 0 Å². The zero-order chi connectivity index (χ0) is 22.3. The fourth-order valence-electron chi connectivity index (χ4n) is 5.64. The maximum Gasteiger partial charge on any atom is 0.223 e. The Labute approximate surface area is 183 Å². The molecule has 1 spiro atoms. The molecule has 7 nitrogen and oxygen atoms in total. The van der Waals surface area contributed by atoms with Crippen LogP contribution in [-0.4, -0.2) is 64.6 Å². The molecule has 2 aliphatic heterocycles. The Morgan fingerprint density at radius 1 is 1.26 bits per heavy atom. The number of methoxy groups -OCH3 is 1. The molecule has 1 atom stereocenters. The van der Waals surface area contributed by atoms with Crippen molar-refractivity contribution in [3.05, 3.63) is 29.5 Å². The van der Waals surface area contributed by atoms with Gasteiger partial charge in [-0.05, 0) is 37.0 Å². The second-order valence-corrected chi connectivity index (χ2v) is 8.96. The zero-order valence-electron chi connectivity index (χ0n) is 19.0. The number of rotatable bonds is 4. The summed E-state index contributed by atoms with van der Waals surface area (Å²) in [4.78, 5) is 28.9. The predicted molar refractivity (Wildman–Crippen MR) is 119 cm³/mol. The number of aromatic nitrogens is 1. The van der Waals surface area contributed by atoms with E-state index in [0.717, 1.165) is 41.6 Å². The molecule has 1 saturated heterocycles. The van der Waals surface area contributed by atoms with Gasteiger partial charge in [-0.15, -0.1) is 0 Å². The van der Waals surface area contributed by atoms with Gasteiger partial charge in [0.25, 0.3) is 0 Å². The standard InChI is InChI=1S/C24H33N3O4/c1-5-6-21(30)27-15-24(9-11-26(12-10-24)16(2)29)22-18-8-7-17(31-4)13-19(18)25(3)23(22)20(27)14-28/h7-8,13,20,28H,5-6,9-12,14-15H2,1-4H3/t20-/m0/s1. The van der Waals surface area contributed by atoms with Gasteiger partial charge in [-0.25, -0.2) is 0 Å². The Morgan fingerprint density at radius 2 is 1.97 bits per heavy atom. The monoisotopic (exact) mass is 427 g/mol. The highest BCUT2D eigenvalue weighted by Crippen LogP contribution is 2.50. The van der Waals surface area contributed by atoms with Crippen molar-refractivity contribution in [2.75, 3.05) is 33.4 Å². The van der Waals surface area contributed by atoms with Gasteiger partial charge in [0.05, 0.1) is 25.3 Å². The number of aryl methyl sites for hydroxylation is 1. The van der Waals surface area contributed by atoms with Gasteiger partial charge in [0, 0.05) is 62.6 Å². The van der Waals surface area contributed by atoms with Crippen LogP contribution in [0.5, 0.6) is 5.75 Å². The van der Waals surface area contributed by atoms with Crippen LogP contribution in [0.15, 0.2) is 18.2 Å². The molecule has 1 aromatic carbocycles. The summed E-state index contributed by atoms with van der Waals surface area (Å²) in [7, 11) is 3.67. The highest BCUT2D eigenvalue weighted by Gasteiger charge is 2.49. The number of carbonyl (C=O) groups excluding carboxylic acids is 2. The lowest BCUT2D eigenvalue weighted by atomic mass is 9.68. The summed E-state index contributed by atoms with van der Waals surface area (Å²) in [6.07, 6.45) is 2.86. The molecule has 3 heterocycles. The second-order valence-electron chi connectivity index (χ2n) is 8.96. The molecule has 31 heavy (non-hydrogen) atoms. The molecule has 0 aliphatic carbocycles. The van der Waals surface area contributed by atoms with Crippen LogP contribution < -0.4 is 4.74 Å². The minimum absolute atomic E-state index is 0.0865. The van der Waals surface area contributed by atoms with E-state index in [1.165, 1.54) is 5.56 Å². The maximum absolute atomic E-state index is 13.1. The van der Waals surface area contributed by atoms with E-state index in [9.17, 15) is 14.7 Å². The van der Waals surface area contributed by atoms with Gasteiger partial charge in [-0.2, -0.15) is 0 Å². The average molecular weight is 428 g/mol. The number of carbonyl (C=O) groups is 2. The van der Waals surface area contributed by atoms with Crippen molar-refractivity contribution in [1.82, 2.24) is 14.4 Å². The molecule has 2 aliphatic rings. The third-order valence-corrected chi connectivity index (χ3v) is 7.27. The lowest BCUT2D eigenvalue weighted by molar-refractivity contribution is -0.139. The average Bonchev–Trinajstić information content (AvgIpc) is 3.07. The van der Waals surface area contributed by atoms with E-state index in [0.29, 0.717) is 26.1 Å². The predicted octanol–water partition coefficient (Wildman–Crippen LogP) is 2.74. The van der Waals surface area contributed by atoms with Crippen molar-refractivity contribution in [2.24, 2.45) is 7.05 Å². The number of ether oxygens (including phenoxy) is 1. The molecule has 2 amide bonds. The fraction of sp³-hybridized carbons (Fsp3) is 0.583. The summed E-state index contributed by atoms with van der Waals surface area (Å²) in [5.41, 5.74) is 3.05. The molecule has 0 radical (unpaired) electrons. The molecule has 0 saturated carbocycles. The number of hydrogen-bond acceptors (Lipinski definition) is 4. The number of amides is 2. The maximum atomic E-state index is 13.1.